The largest absolute Gasteiger partial charge is 0.457 e. The van der Waals surface area contributed by atoms with Crippen molar-refractivity contribution in [3.63, 3.8) is 0 Å². The van der Waals surface area contributed by atoms with Gasteiger partial charge in [0, 0.05) is 23.6 Å². The van der Waals surface area contributed by atoms with Crippen LogP contribution in [0.25, 0.3) is 0 Å². The van der Waals surface area contributed by atoms with Gasteiger partial charge in [0.2, 0.25) is 0 Å². The molecule has 0 saturated carbocycles. The van der Waals surface area contributed by atoms with E-state index in [9.17, 15) is 9.59 Å². The van der Waals surface area contributed by atoms with Gasteiger partial charge in [-0.15, -0.1) is 11.8 Å². The van der Waals surface area contributed by atoms with Crippen LogP contribution >= 0.6 is 23.5 Å². The maximum atomic E-state index is 11.9. The summed E-state index contributed by atoms with van der Waals surface area (Å²) in [4.78, 5) is 25.7. The Hall–Kier alpha value is -1.96. The molecule has 0 spiro atoms. The molecule has 0 unspecified atom stereocenters. The minimum Gasteiger partial charge on any atom is -0.457 e. The van der Waals surface area contributed by atoms with E-state index in [4.69, 9.17) is 14.2 Å². The summed E-state index contributed by atoms with van der Waals surface area (Å²) >= 11 is 3.13. The van der Waals surface area contributed by atoms with Crippen molar-refractivity contribution in [3.05, 3.63) is 60.7 Å². The highest BCUT2D eigenvalue weighted by Gasteiger charge is 2.49. The van der Waals surface area contributed by atoms with E-state index >= 15 is 0 Å². The van der Waals surface area contributed by atoms with Crippen molar-refractivity contribution in [2.24, 2.45) is 0 Å². The number of carbonyl (C=O) groups excluding carboxylic acids is 2. The van der Waals surface area contributed by atoms with Gasteiger partial charge in [0.1, 0.15) is 5.44 Å². The zero-order valence-electron chi connectivity index (χ0n) is 16.5. The number of ether oxygens (including phenoxy) is 3. The molecule has 0 aromatic heterocycles. The minimum absolute atomic E-state index is 0.271. The van der Waals surface area contributed by atoms with Crippen LogP contribution in [0.1, 0.15) is 20.8 Å². The summed E-state index contributed by atoms with van der Waals surface area (Å²) in [6.45, 7) is 4.56. The molecule has 2 aromatic carbocycles. The molecule has 1 saturated heterocycles. The molecular weight excluding hydrogens is 408 g/mol. The Balaban J connectivity index is 1.94. The van der Waals surface area contributed by atoms with E-state index in [-0.39, 0.29) is 10.7 Å². The Morgan fingerprint density at radius 2 is 1.28 bits per heavy atom. The van der Waals surface area contributed by atoms with E-state index in [1.807, 2.05) is 67.6 Å². The van der Waals surface area contributed by atoms with E-state index in [2.05, 4.69) is 0 Å². The number of thioether (sulfide) groups is 2. The van der Waals surface area contributed by atoms with Gasteiger partial charge in [-0.3, -0.25) is 9.59 Å². The van der Waals surface area contributed by atoms with Crippen molar-refractivity contribution in [2.45, 2.75) is 59.6 Å². The number of hydrogen-bond donors (Lipinski definition) is 0. The summed E-state index contributed by atoms with van der Waals surface area (Å²) in [5.41, 5.74) is -0.297. The molecule has 0 aliphatic carbocycles. The molecule has 29 heavy (non-hydrogen) atoms. The first-order valence-corrected chi connectivity index (χ1v) is 11.1. The molecule has 2 aromatic rings. The number of rotatable bonds is 6. The highest BCUT2D eigenvalue weighted by Crippen LogP contribution is 2.43. The van der Waals surface area contributed by atoms with E-state index in [1.54, 1.807) is 23.5 Å². The van der Waals surface area contributed by atoms with Gasteiger partial charge in [-0.1, -0.05) is 48.2 Å². The van der Waals surface area contributed by atoms with E-state index < -0.39 is 30.3 Å². The predicted molar refractivity (Wildman–Crippen MR) is 114 cm³/mol. The van der Waals surface area contributed by atoms with Crippen LogP contribution in [0.5, 0.6) is 0 Å². The monoisotopic (exact) mass is 432 g/mol. The van der Waals surface area contributed by atoms with Gasteiger partial charge in [-0.25, -0.2) is 0 Å². The van der Waals surface area contributed by atoms with Crippen molar-refractivity contribution in [1.82, 2.24) is 0 Å². The Kier molecular flexibility index (Phi) is 7.64. The summed E-state index contributed by atoms with van der Waals surface area (Å²) < 4.78 is 17.5. The number of benzene rings is 2. The van der Waals surface area contributed by atoms with Gasteiger partial charge < -0.3 is 14.2 Å². The number of esters is 2. The summed E-state index contributed by atoms with van der Waals surface area (Å²) in [5.74, 6) is -0.844. The van der Waals surface area contributed by atoms with Gasteiger partial charge in [-0.2, -0.15) is 0 Å². The van der Waals surface area contributed by atoms with Crippen LogP contribution in [0.3, 0.4) is 0 Å². The zero-order chi connectivity index (χ0) is 20.8. The van der Waals surface area contributed by atoms with Crippen molar-refractivity contribution in [1.29, 1.82) is 0 Å². The lowest BCUT2D eigenvalue weighted by atomic mass is 10.0. The van der Waals surface area contributed by atoms with Crippen LogP contribution in [-0.4, -0.2) is 40.9 Å². The molecule has 154 valence electrons. The van der Waals surface area contributed by atoms with E-state index in [1.165, 1.54) is 13.8 Å². The summed E-state index contributed by atoms with van der Waals surface area (Å²) in [6, 6.07) is 19.8. The second-order valence-corrected chi connectivity index (χ2v) is 9.11. The van der Waals surface area contributed by atoms with Crippen LogP contribution in [0, 0.1) is 0 Å². The van der Waals surface area contributed by atoms with Crippen molar-refractivity contribution in [2.75, 3.05) is 0 Å². The highest BCUT2D eigenvalue weighted by molar-refractivity contribution is 8.03. The maximum Gasteiger partial charge on any atom is 0.303 e. The number of hydrogen-bond acceptors (Lipinski definition) is 7. The van der Waals surface area contributed by atoms with Gasteiger partial charge in [0.25, 0.3) is 0 Å². The minimum atomic E-state index is -0.676. The molecule has 1 aliphatic rings. The summed E-state index contributed by atoms with van der Waals surface area (Å²) in [6.07, 6.45) is -1.73. The Labute approximate surface area is 179 Å². The lowest BCUT2D eigenvalue weighted by molar-refractivity contribution is -0.192. The molecule has 7 heteroatoms. The molecule has 5 atom stereocenters. The molecule has 3 rings (SSSR count). The van der Waals surface area contributed by atoms with E-state index in [0.717, 1.165) is 9.79 Å². The van der Waals surface area contributed by atoms with Crippen LogP contribution in [0.4, 0.5) is 0 Å². The molecule has 0 radical (unpaired) electrons. The SMILES string of the molecule is CC(=O)O[C@@H]1[C@@H](OC(C)=O)[C@H](C)O[C@H](Sc2ccccc2)[C@H]1Sc1ccccc1. The fourth-order valence-electron chi connectivity index (χ4n) is 3.16. The lowest BCUT2D eigenvalue weighted by Crippen LogP contribution is -2.57. The molecule has 1 fully saturated rings. The fraction of sp³-hybridized carbons (Fsp3) is 0.364. The van der Waals surface area contributed by atoms with Gasteiger partial charge in [0.05, 0.1) is 11.4 Å². The summed E-state index contributed by atoms with van der Waals surface area (Å²) in [5, 5.41) is -0.271. The Morgan fingerprint density at radius 1 is 0.793 bits per heavy atom. The number of carbonyl (C=O) groups is 2. The molecule has 0 bridgehead atoms. The van der Waals surface area contributed by atoms with Crippen molar-refractivity contribution in [3.8, 4) is 0 Å². The normalized spacial score (nSPS) is 26.5. The maximum absolute atomic E-state index is 11.9. The first kappa shape index (κ1) is 21.7. The highest BCUT2D eigenvalue weighted by atomic mass is 32.2. The molecular formula is C22H24O5S2. The topological polar surface area (TPSA) is 61.8 Å². The first-order chi connectivity index (χ1) is 13.9. The van der Waals surface area contributed by atoms with Crippen LogP contribution < -0.4 is 0 Å². The first-order valence-electron chi connectivity index (χ1n) is 9.37. The third-order valence-electron chi connectivity index (χ3n) is 4.34. The predicted octanol–water partition coefficient (Wildman–Crippen LogP) is 4.55. The lowest BCUT2D eigenvalue weighted by Gasteiger charge is -2.44. The van der Waals surface area contributed by atoms with Gasteiger partial charge >= 0.3 is 11.9 Å². The van der Waals surface area contributed by atoms with Crippen molar-refractivity contribution < 1.29 is 23.8 Å². The average molecular weight is 433 g/mol. The second-order valence-electron chi connectivity index (χ2n) is 6.68. The van der Waals surface area contributed by atoms with Crippen LogP contribution in [-0.2, 0) is 23.8 Å². The average Bonchev–Trinajstić information content (AvgIpc) is 2.68. The molecule has 1 aliphatic heterocycles. The Morgan fingerprint density at radius 3 is 1.79 bits per heavy atom. The smallest absolute Gasteiger partial charge is 0.303 e. The van der Waals surface area contributed by atoms with Gasteiger partial charge in [0.15, 0.2) is 12.2 Å². The standard InChI is InChI=1S/C22H24O5S2/c1-14-19(26-15(2)23)20(27-16(3)24)21(28-17-10-6-4-7-11-17)22(25-14)29-18-12-8-5-9-13-18/h4-14,19-22H,1-3H3/t14-,19-,20+,21-,22+/m0/s1. The Bertz CT molecular complexity index is 814. The molecule has 1 heterocycles. The fourth-order valence-corrected chi connectivity index (χ4v) is 5.75. The van der Waals surface area contributed by atoms with Gasteiger partial charge in [-0.05, 0) is 31.2 Å². The second kappa shape index (κ2) is 10.2. The third-order valence-corrected chi connectivity index (χ3v) is 7.03. The summed E-state index contributed by atoms with van der Waals surface area (Å²) in [7, 11) is 0. The molecule has 0 N–H and O–H groups in total. The van der Waals surface area contributed by atoms with Crippen LogP contribution in [0.15, 0.2) is 70.5 Å². The van der Waals surface area contributed by atoms with Crippen LogP contribution in [0.2, 0.25) is 0 Å². The zero-order valence-corrected chi connectivity index (χ0v) is 18.2. The molecule has 0 amide bonds. The van der Waals surface area contributed by atoms with E-state index in [0.29, 0.717) is 0 Å². The molecule has 5 nitrogen and oxygen atoms in total. The third kappa shape index (κ3) is 6.01. The van der Waals surface area contributed by atoms with Crippen molar-refractivity contribution >= 4 is 35.5 Å². The quantitative estimate of drug-likeness (QED) is 0.621.